The fraction of sp³-hybridized carbons (Fsp3) is 0.286. The van der Waals surface area contributed by atoms with Crippen LogP contribution >= 0.6 is 23.4 Å². The number of thioether (sulfide) groups is 1. The van der Waals surface area contributed by atoms with Crippen molar-refractivity contribution in [1.82, 2.24) is 0 Å². The molecule has 0 spiro atoms. The Balaban J connectivity index is 2.29. The minimum Gasteiger partial charge on any atom is -0.284 e. The van der Waals surface area contributed by atoms with E-state index in [-0.39, 0.29) is 0 Å². The van der Waals surface area contributed by atoms with Gasteiger partial charge in [0.05, 0.1) is 11.3 Å². The highest BCUT2D eigenvalue weighted by atomic mass is 35.5. The second-order valence-corrected chi connectivity index (χ2v) is 3.71. The number of dihydropyridines is 1. The molecule has 10 heavy (non-hydrogen) atoms. The maximum absolute atomic E-state index is 5.93. The lowest BCUT2D eigenvalue weighted by molar-refractivity contribution is 0.853. The molecular weight excluding hydrogens is 166 g/mol. The first-order valence-electron chi connectivity index (χ1n) is 3.09. The molecule has 2 atom stereocenters. The SMILES string of the molecule is ClC1=CC=NC2C=CSC12. The Morgan fingerprint density at radius 1 is 1.60 bits per heavy atom. The molecule has 0 N–H and O–H groups in total. The molecule has 2 heterocycles. The lowest BCUT2D eigenvalue weighted by Gasteiger charge is -2.16. The molecule has 0 amide bonds. The van der Waals surface area contributed by atoms with Gasteiger partial charge in [-0.2, -0.15) is 0 Å². The van der Waals surface area contributed by atoms with Crippen LogP contribution in [0.4, 0.5) is 0 Å². The minimum absolute atomic E-state index is 0.294. The van der Waals surface area contributed by atoms with Crippen LogP contribution in [0.15, 0.2) is 27.6 Å². The average Bonchev–Trinajstić information content (AvgIpc) is 2.36. The molecule has 0 aromatic heterocycles. The number of hydrogen-bond acceptors (Lipinski definition) is 2. The molecular formula is C7H6ClNS. The van der Waals surface area contributed by atoms with E-state index in [1.807, 2.05) is 6.08 Å². The first kappa shape index (κ1) is 6.50. The molecule has 52 valence electrons. The summed E-state index contributed by atoms with van der Waals surface area (Å²) in [6.07, 6.45) is 5.73. The quantitative estimate of drug-likeness (QED) is 0.544. The Labute approximate surface area is 68.9 Å². The predicted octanol–water partition coefficient (Wildman–Crippen LogP) is 2.19. The van der Waals surface area contributed by atoms with Crippen molar-refractivity contribution >= 4 is 29.6 Å². The third-order valence-corrected chi connectivity index (χ3v) is 3.21. The molecule has 0 fully saturated rings. The van der Waals surface area contributed by atoms with Crippen LogP contribution in [-0.2, 0) is 0 Å². The summed E-state index contributed by atoms with van der Waals surface area (Å²) in [5.74, 6) is 0. The van der Waals surface area contributed by atoms with Gasteiger partial charge in [0.25, 0.3) is 0 Å². The van der Waals surface area contributed by atoms with E-state index in [0.29, 0.717) is 11.3 Å². The van der Waals surface area contributed by atoms with Gasteiger partial charge < -0.3 is 0 Å². The smallest absolute Gasteiger partial charge is 0.0859 e. The van der Waals surface area contributed by atoms with Gasteiger partial charge >= 0.3 is 0 Å². The number of rotatable bonds is 0. The van der Waals surface area contributed by atoms with Crippen molar-refractivity contribution in [2.75, 3.05) is 0 Å². The summed E-state index contributed by atoms with van der Waals surface area (Å²) in [6.45, 7) is 0. The first-order chi connectivity index (χ1) is 4.88. The zero-order chi connectivity index (χ0) is 6.97. The number of nitrogens with zero attached hydrogens (tertiary/aromatic N) is 1. The molecule has 0 aromatic rings. The summed E-state index contributed by atoms with van der Waals surface area (Å²) in [4.78, 5) is 4.25. The van der Waals surface area contributed by atoms with Crippen LogP contribution < -0.4 is 0 Å². The highest BCUT2D eigenvalue weighted by molar-refractivity contribution is 8.03. The van der Waals surface area contributed by atoms with Crippen LogP contribution in [0.3, 0.4) is 0 Å². The maximum atomic E-state index is 5.93. The zero-order valence-electron chi connectivity index (χ0n) is 5.20. The van der Waals surface area contributed by atoms with Gasteiger partial charge in [0, 0.05) is 11.2 Å². The van der Waals surface area contributed by atoms with E-state index in [2.05, 4.69) is 16.5 Å². The number of allylic oxidation sites excluding steroid dienone is 1. The molecule has 2 rings (SSSR count). The number of aliphatic imine (C=N–C) groups is 1. The molecule has 0 saturated heterocycles. The maximum Gasteiger partial charge on any atom is 0.0859 e. The van der Waals surface area contributed by atoms with Gasteiger partial charge in [-0.05, 0) is 11.5 Å². The molecule has 2 unspecified atom stereocenters. The van der Waals surface area contributed by atoms with Gasteiger partial charge in [-0.25, -0.2) is 0 Å². The van der Waals surface area contributed by atoms with Crippen LogP contribution in [0.5, 0.6) is 0 Å². The molecule has 0 aromatic carbocycles. The molecule has 0 bridgehead atoms. The van der Waals surface area contributed by atoms with Crippen molar-refractivity contribution in [3.63, 3.8) is 0 Å². The third kappa shape index (κ3) is 0.917. The minimum atomic E-state index is 0.294. The van der Waals surface area contributed by atoms with E-state index < -0.39 is 0 Å². The molecule has 2 aliphatic rings. The summed E-state index contributed by atoms with van der Waals surface area (Å²) >= 11 is 7.67. The van der Waals surface area contributed by atoms with E-state index in [1.54, 1.807) is 18.0 Å². The summed E-state index contributed by atoms with van der Waals surface area (Å²) in [5, 5.41) is 3.34. The van der Waals surface area contributed by atoms with Crippen molar-refractivity contribution in [3.05, 3.63) is 22.6 Å². The largest absolute Gasteiger partial charge is 0.284 e. The highest BCUT2D eigenvalue weighted by Gasteiger charge is 2.26. The standard InChI is InChI=1S/C7H6ClNS/c8-5-1-3-9-6-2-4-10-7(5)6/h1-4,6-7H. The van der Waals surface area contributed by atoms with Crippen molar-refractivity contribution in [1.29, 1.82) is 0 Å². The van der Waals surface area contributed by atoms with Crippen LogP contribution in [0.1, 0.15) is 0 Å². The van der Waals surface area contributed by atoms with Gasteiger partial charge in [0.2, 0.25) is 0 Å². The van der Waals surface area contributed by atoms with Crippen LogP contribution in [0, 0.1) is 0 Å². The Hall–Kier alpha value is -0.210. The fourth-order valence-electron chi connectivity index (χ4n) is 1.06. The molecule has 1 nitrogen and oxygen atoms in total. The zero-order valence-corrected chi connectivity index (χ0v) is 6.77. The van der Waals surface area contributed by atoms with E-state index in [9.17, 15) is 0 Å². The Kier molecular flexibility index (Phi) is 1.58. The number of halogens is 1. The van der Waals surface area contributed by atoms with E-state index in [4.69, 9.17) is 11.6 Å². The van der Waals surface area contributed by atoms with Gasteiger partial charge in [0.15, 0.2) is 0 Å². The van der Waals surface area contributed by atoms with E-state index >= 15 is 0 Å². The normalized spacial score (nSPS) is 35.9. The Morgan fingerprint density at radius 2 is 2.50 bits per heavy atom. The average molecular weight is 172 g/mol. The lowest BCUT2D eigenvalue weighted by Crippen LogP contribution is -2.18. The van der Waals surface area contributed by atoms with Crippen LogP contribution in [0.2, 0.25) is 0 Å². The van der Waals surface area contributed by atoms with Crippen molar-refractivity contribution < 1.29 is 0 Å². The number of fused-ring (bicyclic) bond motifs is 1. The highest BCUT2D eigenvalue weighted by Crippen LogP contribution is 2.35. The first-order valence-corrected chi connectivity index (χ1v) is 4.41. The Bertz CT molecular complexity index is 232. The van der Waals surface area contributed by atoms with Gasteiger partial charge in [0.1, 0.15) is 0 Å². The second kappa shape index (κ2) is 2.44. The van der Waals surface area contributed by atoms with Crippen molar-refractivity contribution in [3.8, 4) is 0 Å². The lowest BCUT2D eigenvalue weighted by atomic mass is 10.1. The fourth-order valence-corrected chi connectivity index (χ4v) is 2.35. The second-order valence-electron chi connectivity index (χ2n) is 2.23. The summed E-state index contributed by atoms with van der Waals surface area (Å²) in [6, 6.07) is 0.294. The van der Waals surface area contributed by atoms with Crippen molar-refractivity contribution in [2.45, 2.75) is 11.3 Å². The third-order valence-electron chi connectivity index (χ3n) is 1.57. The van der Waals surface area contributed by atoms with Gasteiger partial charge in [-0.15, -0.1) is 11.8 Å². The molecule has 0 aliphatic carbocycles. The summed E-state index contributed by atoms with van der Waals surface area (Å²) in [5.41, 5.74) is 0. The predicted molar refractivity (Wildman–Crippen MR) is 46.7 cm³/mol. The molecule has 0 radical (unpaired) electrons. The van der Waals surface area contributed by atoms with E-state index in [1.165, 1.54) is 0 Å². The van der Waals surface area contributed by atoms with E-state index in [0.717, 1.165) is 5.03 Å². The summed E-state index contributed by atoms with van der Waals surface area (Å²) in [7, 11) is 0. The molecule has 2 aliphatic heterocycles. The number of hydrogen-bond donors (Lipinski definition) is 0. The Morgan fingerprint density at radius 3 is 3.30 bits per heavy atom. The molecule has 0 saturated carbocycles. The van der Waals surface area contributed by atoms with Crippen LogP contribution in [-0.4, -0.2) is 17.5 Å². The van der Waals surface area contributed by atoms with Crippen LogP contribution in [0.25, 0.3) is 0 Å². The topological polar surface area (TPSA) is 12.4 Å². The van der Waals surface area contributed by atoms with Gasteiger partial charge in [-0.3, -0.25) is 4.99 Å². The molecule has 3 heteroatoms. The van der Waals surface area contributed by atoms with Gasteiger partial charge in [-0.1, -0.05) is 17.7 Å². The summed E-state index contributed by atoms with van der Waals surface area (Å²) < 4.78 is 0. The monoisotopic (exact) mass is 171 g/mol. The van der Waals surface area contributed by atoms with Crippen molar-refractivity contribution in [2.24, 2.45) is 4.99 Å².